The maximum absolute atomic E-state index is 12.6. The van der Waals surface area contributed by atoms with Crippen LogP contribution in [0.1, 0.15) is 43.7 Å². The third kappa shape index (κ3) is 2.99. The van der Waals surface area contributed by atoms with Gasteiger partial charge in [0.25, 0.3) is 0 Å². The number of thiazole rings is 1. The summed E-state index contributed by atoms with van der Waals surface area (Å²) in [4.78, 5) is 36.3. The molecule has 8 heteroatoms. The molecule has 144 valence electrons. The van der Waals surface area contributed by atoms with Crippen LogP contribution in [-0.4, -0.2) is 32.9 Å². The van der Waals surface area contributed by atoms with Crippen molar-refractivity contribution in [2.24, 2.45) is 0 Å². The van der Waals surface area contributed by atoms with E-state index < -0.39 is 5.97 Å². The number of pyridine rings is 1. The number of aromatic amines is 1. The van der Waals surface area contributed by atoms with Gasteiger partial charge in [0.15, 0.2) is 10.8 Å². The molecular formula is C20H20N4O3S. The molecule has 4 rings (SSSR count). The molecular weight excluding hydrogens is 376 g/mol. The molecule has 7 nitrogen and oxygen atoms in total. The van der Waals surface area contributed by atoms with Crippen LogP contribution in [-0.2, 0) is 16.0 Å². The van der Waals surface area contributed by atoms with Crippen LogP contribution in [0.3, 0.4) is 0 Å². The van der Waals surface area contributed by atoms with Gasteiger partial charge in [-0.3, -0.25) is 4.79 Å². The second-order valence-corrected chi connectivity index (χ2v) is 7.87. The van der Waals surface area contributed by atoms with E-state index in [-0.39, 0.29) is 12.0 Å². The second-order valence-electron chi connectivity index (χ2n) is 6.84. The summed E-state index contributed by atoms with van der Waals surface area (Å²) in [5, 5.41) is 5.16. The van der Waals surface area contributed by atoms with Gasteiger partial charge in [-0.15, -0.1) is 0 Å². The summed E-state index contributed by atoms with van der Waals surface area (Å²) in [6.45, 7) is 7.08. The molecule has 0 saturated heterocycles. The molecule has 1 amide bonds. The van der Waals surface area contributed by atoms with Gasteiger partial charge in [-0.05, 0) is 38.0 Å². The number of hydrogen-bond donors (Lipinski definition) is 2. The number of esters is 1. The van der Waals surface area contributed by atoms with Gasteiger partial charge in [-0.1, -0.05) is 18.3 Å². The standard InChI is InChI=1S/C20H20N4O3S/c1-5-11-15-13(8-21-17(11)19(26)27-9(2)3)23-12-6-7-14-18(16(12)15)24-20(28-14)22-10(4)25/h6-9,23H,5H2,1-4H3,(H,22,24,25). The number of nitrogens with one attached hydrogen (secondary N) is 2. The third-order valence-corrected chi connectivity index (χ3v) is 5.37. The predicted molar refractivity (Wildman–Crippen MR) is 111 cm³/mol. The number of rotatable bonds is 4. The van der Waals surface area contributed by atoms with Crippen molar-refractivity contribution >= 4 is 60.4 Å². The highest BCUT2D eigenvalue weighted by Crippen LogP contribution is 2.38. The normalized spacial score (nSPS) is 11.6. The number of hydrogen-bond acceptors (Lipinski definition) is 6. The smallest absolute Gasteiger partial charge is 0.357 e. The molecule has 0 unspecified atom stereocenters. The first kappa shape index (κ1) is 18.4. The fourth-order valence-corrected chi connectivity index (χ4v) is 4.34. The van der Waals surface area contributed by atoms with Crippen molar-refractivity contribution in [1.29, 1.82) is 0 Å². The molecule has 3 heterocycles. The average molecular weight is 396 g/mol. The minimum absolute atomic E-state index is 0.161. The molecule has 0 atom stereocenters. The lowest BCUT2D eigenvalue weighted by atomic mass is 10.0. The summed E-state index contributed by atoms with van der Waals surface area (Å²) in [6.07, 6.45) is 2.07. The van der Waals surface area contributed by atoms with Crippen LogP contribution >= 0.6 is 11.3 Å². The highest BCUT2D eigenvalue weighted by Gasteiger charge is 2.22. The molecule has 0 aliphatic rings. The molecule has 0 fully saturated rings. The first-order chi connectivity index (χ1) is 13.4. The van der Waals surface area contributed by atoms with Gasteiger partial charge in [-0.25, -0.2) is 14.8 Å². The number of H-pyrrole nitrogens is 1. The van der Waals surface area contributed by atoms with Gasteiger partial charge >= 0.3 is 5.97 Å². The molecule has 0 bridgehead atoms. The number of amides is 1. The molecule has 28 heavy (non-hydrogen) atoms. The number of aromatic nitrogens is 3. The number of aryl methyl sites for hydroxylation is 1. The maximum Gasteiger partial charge on any atom is 0.357 e. The molecule has 2 N–H and O–H groups in total. The van der Waals surface area contributed by atoms with E-state index in [2.05, 4.69) is 20.3 Å². The zero-order valence-electron chi connectivity index (χ0n) is 16.0. The predicted octanol–water partition coefficient (Wildman–Crippen LogP) is 4.41. The highest BCUT2D eigenvalue weighted by molar-refractivity contribution is 7.22. The van der Waals surface area contributed by atoms with Crippen LogP contribution in [0.4, 0.5) is 5.13 Å². The second kappa shape index (κ2) is 6.87. The van der Waals surface area contributed by atoms with Crippen molar-refractivity contribution in [1.82, 2.24) is 15.0 Å². The zero-order valence-corrected chi connectivity index (χ0v) is 16.9. The molecule has 3 aromatic heterocycles. The number of ether oxygens (including phenoxy) is 1. The fourth-order valence-electron chi connectivity index (χ4n) is 3.42. The summed E-state index contributed by atoms with van der Waals surface area (Å²) in [5.74, 6) is -0.584. The van der Waals surface area contributed by atoms with Gasteiger partial charge in [0, 0.05) is 23.2 Å². The van der Waals surface area contributed by atoms with Crippen molar-refractivity contribution in [2.45, 2.75) is 40.2 Å². The SMILES string of the molecule is CCc1c(C(=O)OC(C)C)ncc2[nH]c3ccc4sc(NC(C)=O)nc4c3c12. The van der Waals surface area contributed by atoms with E-state index in [0.29, 0.717) is 17.2 Å². The Morgan fingerprint density at radius 1 is 1.25 bits per heavy atom. The molecule has 0 saturated carbocycles. The minimum atomic E-state index is -0.424. The summed E-state index contributed by atoms with van der Waals surface area (Å²) >= 11 is 1.42. The Kier molecular flexibility index (Phi) is 4.50. The monoisotopic (exact) mass is 396 g/mol. The summed E-state index contributed by atoms with van der Waals surface area (Å²) < 4.78 is 6.34. The molecule has 4 aromatic rings. The number of carbonyl (C=O) groups is 2. The van der Waals surface area contributed by atoms with Gasteiger partial charge in [0.05, 0.1) is 28.0 Å². The number of nitrogens with zero attached hydrogens (tertiary/aromatic N) is 2. The molecule has 0 radical (unpaired) electrons. The molecule has 0 spiro atoms. The average Bonchev–Trinajstić information content (AvgIpc) is 3.19. The lowest BCUT2D eigenvalue weighted by molar-refractivity contribution is -0.114. The Morgan fingerprint density at radius 3 is 2.71 bits per heavy atom. The lowest BCUT2D eigenvalue weighted by Crippen LogP contribution is -2.15. The Morgan fingerprint density at radius 2 is 2.04 bits per heavy atom. The third-order valence-electron chi connectivity index (χ3n) is 4.43. The Balaban J connectivity index is 2.03. The number of benzene rings is 1. The van der Waals surface area contributed by atoms with Crippen molar-refractivity contribution in [3.8, 4) is 0 Å². The van der Waals surface area contributed by atoms with E-state index in [9.17, 15) is 9.59 Å². The van der Waals surface area contributed by atoms with E-state index in [1.54, 1.807) is 6.20 Å². The Bertz CT molecular complexity index is 1240. The summed E-state index contributed by atoms with van der Waals surface area (Å²) in [6, 6.07) is 3.96. The van der Waals surface area contributed by atoms with Crippen molar-refractivity contribution < 1.29 is 14.3 Å². The summed E-state index contributed by atoms with van der Waals surface area (Å²) in [7, 11) is 0. The Labute approximate surface area is 165 Å². The van der Waals surface area contributed by atoms with E-state index in [1.807, 2.05) is 32.9 Å². The van der Waals surface area contributed by atoms with Crippen LogP contribution in [0, 0.1) is 0 Å². The zero-order chi connectivity index (χ0) is 20.0. The number of carbonyl (C=O) groups excluding carboxylic acids is 2. The van der Waals surface area contributed by atoms with Crippen LogP contribution in [0.2, 0.25) is 0 Å². The van der Waals surface area contributed by atoms with Crippen LogP contribution < -0.4 is 5.32 Å². The largest absolute Gasteiger partial charge is 0.458 e. The fraction of sp³-hybridized carbons (Fsp3) is 0.300. The van der Waals surface area contributed by atoms with Gasteiger partial charge in [-0.2, -0.15) is 0 Å². The summed E-state index contributed by atoms with van der Waals surface area (Å²) in [5.41, 5.74) is 3.71. The van der Waals surface area contributed by atoms with E-state index in [1.165, 1.54) is 18.3 Å². The van der Waals surface area contributed by atoms with Gasteiger partial charge in [0.2, 0.25) is 5.91 Å². The van der Waals surface area contributed by atoms with Crippen molar-refractivity contribution in [2.75, 3.05) is 5.32 Å². The van der Waals surface area contributed by atoms with Gasteiger partial charge < -0.3 is 15.0 Å². The highest BCUT2D eigenvalue weighted by atomic mass is 32.1. The van der Waals surface area contributed by atoms with Crippen molar-refractivity contribution in [3.05, 3.63) is 29.6 Å². The lowest BCUT2D eigenvalue weighted by Gasteiger charge is -2.11. The molecule has 0 aliphatic heterocycles. The Hall–Kier alpha value is -3.00. The number of fused-ring (bicyclic) bond motifs is 5. The first-order valence-corrected chi connectivity index (χ1v) is 9.92. The van der Waals surface area contributed by atoms with E-state index in [0.717, 1.165) is 37.6 Å². The number of anilines is 1. The maximum atomic E-state index is 12.6. The quantitative estimate of drug-likeness (QED) is 0.498. The van der Waals surface area contributed by atoms with E-state index in [4.69, 9.17) is 4.74 Å². The van der Waals surface area contributed by atoms with Crippen LogP contribution in [0.25, 0.3) is 32.0 Å². The minimum Gasteiger partial charge on any atom is -0.458 e. The van der Waals surface area contributed by atoms with E-state index >= 15 is 0 Å². The van der Waals surface area contributed by atoms with Crippen LogP contribution in [0.15, 0.2) is 18.3 Å². The first-order valence-electron chi connectivity index (χ1n) is 9.10. The molecule has 0 aliphatic carbocycles. The topological polar surface area (TPSA) is 97.0 Å². The van der Waals surface area contributed by atoms with Gasteiger partial charge in [0.1, 0.15) is 0 Å². The molecule has 1 aromatic carbocycles. The van der Waals surface area contributed by atoms with Crippen LogP contribution in [0.5, 0.6) is 0 Å². The van der Waals surface area contributed by atoms with Crippen molar-refractivity contribution in [3.63, 3.8) is 0 Å².